The highest BCUT2D eigenvalue weighted by atomic mass is 16.6. The van der Waals surface area contributed by atoms with Gasteiger partial charge in [0, 0.05) is 0 Å². The fourth-order valence-electron chi connectivity index (χ4n) is 3.48. The number of hydrogen-bond acceptors (Lipinski definition) is 7. The molecule has 0 aromatic heterocycles. The zero-order valence-corrected chi connectivity index (χ0v) is 19.5. The highest BCUT2D eigenvalue weighted by Gasteiger charge is 2.37. The predicted octanol–water partition coefficient (Wildman–Crippen LogP) is 3.31. The van der Waals surface area contributed by atoms with E-state index in [1.165, 1.54) is 6.08 Å². The van der Waals surface area contributed by atoms with Gasteiger partial charge < -0.3 is 14.2 Å². The summed E-state index contributed by atoms with van der Waals surface area (Å²) in [6.07, 6.45) is 1.37. The van der Waals surface area contributed by atoms with Crippen LogP contribution in [-0.2, 0) is 19.1 Å². The summed E-state index contributed by atoms with van der Waals surface area (Å²) in [4.78, 5) is 50.6. The number of amides is 4. The summed E-state index contributed by atoms with van der Waals surface area (Å²) in [5.74, 6) is -1.41. The van der Waals surface area contributed by atoms with Gasteiger partial charge in [0.05, 0.1) is 18.9 Å². The Hall–Kier alpha value is -4.14. The van der Waals surface area contributed by atoms with E-state index in [1.807, 2.05) is 19.9 Å². The highest BCUT2D eigenvalue weighted by molar-refractivity contribution is 6.39. The first-order valence-corrected chi connectivity index (χ1v) is 10.8. The average Bonchev–Trinajstić information content (AvgIpc) is 2.75. The van der Waals surface area contributed by atoms with Gasteiger partial charge in [0.25, 0.3) is 11.8 Å². The lowest BCUT2D eigenvalue weighted by atomic mass is 10.0. The molecular weight excluding hydrogens is 440 g/mol. The Kier molecular flexibility index (Phi) is 7.68. The van der Waals surface area contributed by atoms with Gasteiger partial charge in [-0.2, -0.15) is 0 Å². The fourth-order valence-corrected chi connectivity index (χ4v) is 3.48. The number of carbonyl (C=O) groups excluding carboxylic acids is 4. The van der Waals surface area contributed by atoms with Crippen molar-refractivity contribution in [3.8, 4) is 11.5 Å². The number of carbonyl (C=O) groups is 4. The van der Waals surface area contributed by atoms with E-state index in [4.69, 9.17) is 14.2 Å². The van der Waals surface area contributed by atoms with Crippen LogP contribution in [-0.4, -0.2) is 43.6 Å². The zero-order valence-electron chi connectivity index (χ0n) is 19.5. The third-order valence-electron chi connectivity index (χ3n) is 4.80. The summed E-state index contributed by atoms with van der Waals surface area (Å²) >= 11 is 0. The molecule has 1 heterocycles. The number of hydrogen-bond donors (Lipinski definition) is 1. The Morgan fingerprint density at radius 2 is 1.65 bits per heavy atom. The Morgan fingerprint density at radius 3 is 2.29 bits per heavy atom. The molecule has 1 N–H and O–H groups in total. The number of nitrogens with one attached hydrogen (secondary N) is 1. The molecule has 34 heavy (non-hydrogen) atoms. The van der Waals surface area contributed by atoms with Gasteiger partial charge in [-0.1, -0.05) is 12.1 Å². The second-order valence-electron chi connectivity index (χ2n) is 7.54. The Labute approximate surface area is 197 Å². The summed E-state index contributed by atoms with van der Waals surface area (Å²) in [6.45, 7) is 7.46. The molecular formula is C25H26N2O7. The number of nitrogens with zero attached hydrogens (tertiary/aromatic N) is 1. The first-order valence-electron chi connectivity index (χ1n) is 10.8. The third-order valence-corrected chi connectivity index (χ3v) is 4.80. The lowest BCUT2D eigenvalue weighted by molar-refractivity contribution is -0.145. The summed E-state index contributed by atoms with van der Waals surface area (Å²) in [6, 6.07) is 9.24. The lowest BCUT2D eigenvalue weighted by Crippen LogP contribution is -2.54. The van der Waals surface area contributed by atoms with Crippen molar-refractivity contribution in [3.63, 3.8) is 0 Å². The van der Waals surface area contributed by atoms with E-state index in [-0.39, 0.29) is 18.8 Å². The first kappa shape index (κ1) is 24.5. The molecule has 2 aromatic rings. The Morgan fingerprint density at radius 1 is 0.941 bits per heavy atom. The van der Waals surface area contributed by atoms with Crippen molar-refractivity contribution in [1.82, 2.24) is 5.32 Å². The van der Waals surface area contributed by atoms with Crippen LogP contribution in [0.4, 0.5) is 10.5 Å². The van der Waals surface area contributed by atoms with Crippen molar-refractivity contribution in [1.29, 1.82) is 0 Å². The SMILES string of the molecule is CCOC(=O)COc1ccc(/C=C2\C(=O)NC(=O)N(c3cc(C)cc(C)c3)C2=O)cc1OCC. The molecule has 1 fully saturated rings. The molecule has 0 radical (unpaired) electrons. The molecule has 1 saturated heterocycles. The van der Waals surface area contributed by atoms with E-state index < -0.39 is 23.8 Å². The minimum Gasteiger partial charge on any atom is -0.490 e. The van der Waals surface area contributed by atoms with Gasteiger partial charge in [-0.3, -0.25) is 14.9 Å². The van der Waals surface area contributed by atoms with Crippen LogP contribution in [0, 0.1) is 13.8 Å². The van der Waals surface area contributed by atoms with Crippen LogP contribution >= 0.6 is 0 Å². The maximum atomic E-state index is 13.2. The molecule has 0 aliphatic carbocycles. The van der Waals surface area contributed by atoms with Gasteiger partial charge in [0.15, 0.2) is 18.1 Å². The third kappa shape index (κ3) is 5.61. The summed E-state index contributed by atoms with van der Waals surface area (Å²) in [5.41, 5.74) is 2.38. The molecule has 9 heteroatoms. The van der Waals surface area contributed by atoms with Crippen LogP contribution in [0.15, 0.2) is 42.0 Å². The second kappa shape index (κ2) is 10.7. The molecule has 1 aliphatic rings. The number of ether oxygens (including phenoxy) is 3. The van der Waals surface area contributed by atoms with E-state index in [0.29, 0.717) is 29.4 Å². The van der Waals surface area contributed by atoms with Crippen molar-refractivity contribution >= 4 is 35.6 Å². The Balaban J connectivity index is 1.92. The standard InChI is InChI=1S/C25H26N2O7/c1-5-32-21-13-17(7-8-20(21)34-14-22(28)33-6-2)12-19-23(29)26-25(31)27(24(19)30)18-10-15(3)9-16(4)11-18/h7-13H,5-6,14H2,1-4H3,(H,26,29,31)/b19-12+. The van der Waals surface area contributed by atoms with E-state index in [9.17, 15) is 19.2 Å². The molecule has 0 unspecified atom stereocenters. The summed E-state index contributed by atoms with van der Waals surface area (Å²) in [5, 5.41) is 2.22. The van der Waals surface area contributed by atoms with Crippen LogP contribution in [0.3, 0.4) is 0 Å². The number of rotatable bonds is 8. The van der Waals surface area contributed by atoms with Crippen molar-refractivity contribution in [2.45, 2.75) is 27.7 Å². The number of esters is 1. The molecule has 9 nitrogen and oxygen atoms in total. The van der Waals surface area contributed by atoms with Gasteiger partial charge in [0.2, 0.25) is 0 Å². The van der Waals surface area contributed by atoms with Gasteiger partial charge in [0.1, 0.15) is 5.57 Å². The number of aryl methyl sites for hydroxylation is 2. The summed E-state index contributed by atoms with van der Waals surface area (Å²) in [7, 11) is 0. The normalized spacial score (nSPS) is 14.8. The molecule has 3 rings (SSSR count). The number of anilines is 1. The molecule has 2 aromatic carbocycles. The van der Waals surface area contributed by atoms with Crippen LogP contribution in [0.25, 0.3) is 6.08 Å². The quantitative estimate of drug-likeness (QED) is 0.361. The van der Waals surface area contributed by atoms with E-state index in [1.54, 1.807) is 44.2 Å². The van der Waals surface area contributed by atoms with Crippen molar-refractivity contribution in [2.75, 3.05) is 24.7 Å². The molecule has 0 bridgehead atoms. The largest absolute Gasteiger partial charge is 0.490 e. The fraction of sp³-hybridized carbons (Fsp3) is 0.280. The summed E-state index contributed by atoms with van der Waals surface area (Å²) < 4.78 is 15.9. The van der Waals surface area contributed by atoms with Crippen molar-refractivity contribution in [2.24, 2.45) is 0 Å². The number of imide groups is 2. The number of barbiturate groups is 1. The van der Waals surface area contributed by atoms with Gasteiger partial charge in [-0.05, 0) is 74.7 Å². The molecule has 0 atom stereocenters. The smallest absolute Gasteiger partial charge is 0.344 e. The highest BCUT2D eigenvalue weighted by Crippen LogP contribution is 2.30. The van der Waals surface area contributed by atoms with Gasteiger partial charge >= 0.3 is 12.0 Å². The predicted molar refractivity (Wildman–Crippen MR) is 125 cm³/mol. The molecule has 178 valence electrons. The average molecular weight is 466 g/mol. The second-order valence-corrected chi connectivity index (χ2v) is 7.54. The van der Waals surface area contributed by atoms with Crippen LogP contribution in [0.1, 0.15) is 30.5 Å². The van der Waals surface area contributed by atoms with E-state index >= 15 is 0 Å². The molecule has 4 amide bonds. The van der Waals surface area contributed by atoms with Crippen molar-refractivity contribution in [3.05, 3.63) is 58.7 Å². The zero-order chi connectivity index (χ0) is 24.8. The number of benzene rings is 2. The van der Waals surface area contributed by atoms with Crippen LogP contribution < -0.4 is 19.7 Å². The first-order chi connectivity index (χ1) is 16.2. The van der Waals surface area contributed by atoms with Crippen LogP contribution in [0.2, 0.25) is 0 Å². The minimum atomic E-state index is -0.810. The van der Waals surface area contributed by atoms with E-state index in [2.05, 4.69) is 5.32 Å². The maximum absolute atomic E-state index is 13.2. The molecule has 1 aliphatic heterocycles. The van der Waals surface area contributed by atoms with Crippen molar-refractivity contribution < 1.29 is 33.4 Å². The van der Waals surface area contributed by atoms with E-state index in [0.717, 1.165) is 16.0 Å². The maximum Gasteiger partial charge on any atom is 0.344 e. The number of urea groups is 1. The Bertz CT molecular complexity index is 1150. The molecule has 0 spiro atoms. The molecule has 0 saturated carbocycles. The van der Waals surface area contributed by atoms with Gasteiger partial charge in [-0.15, -0.1) is 0 Å². The van der Waals surface area contributed by atoms with Crippen LogP contribution in [0.5, 0.6) is 11.5 Å². The minimum absolute atomic E-state index is 0.207. The van der Waals surface area contributed by atoms with Gasteiger partial charge in [-0.25, -0.2) is 14.5 Å². The lowest BCUT2D eigenvalue weighted by Gasteiger charge is -2.27. The monoisotopic (exact) mass is 466 g/mol. The topological polar surface area (TPSA) is 111 Å².